The van der Waals surface area contributed by atoms with Gasteiger partial charge in [-0.1, -0.05) is 0 Å². The second kappa shape index (κ2) is 6.93. The van der Waals surface area contributed by atoms with Crippen molar-refractivity contribution in [1.29, 1.82) is 0 Å². The molecule has 4 heteroatoms. The Kier molecular flexibility index (Phi) is 5.83. The molecule has 0 aliphatic carbocycles. The topological polar surface area (TPSA) is 45.4 Å². The summed E-state index contributed by atoms with van der Waals surface area (Å²) >= 11 is 1.80. The maximum atomic E-state index is 9.15. The molecule has 15 heavy (non-hydrogen) atoms. The molecule has 0 radical (unpaired) electrons. The Labute approximate surface area is 95.2 Å². The van der Waals surface area contributed by atoms with Crippen molar-refractivity contribution in [2.24, 2.45) is 0 Å². The molecular formula is C11H19NO2S. The lowest BCUT2D eigenvalue weighted by Gasteiger charge is -2.14. The summed E-state index contributed by atoms with van der Waals surface area (Å²) in [4.78, 5) is 0. The Balaban J connectivity index is 2.31. The fraction of sp³-hybridized carbons (Fsp3) is 0.636. The average molecular weight is 229 g/mol. The third kappa shape index (κ3) is 4.28. The highest BCUT2D eigenvalue weighted by atomic mass is 32.2. The lowest BCUT2D eigenvalue weighted by molar-refractivity contribution is 0.236. The minimum Gasteiger partial charge on any atom is -0.468 e. The van der Waals surface area contributed by atoms with Crippen molar-refractivity contribution >= 4 is 11.8 Å². The van der Waals surface area contributed by atoms with Crippen LogP contribution < -0.4 is 5.32 Å². The second-order valence-electron chi connectivity index (χ2n) is 3.57. The minimum atomic E-state index is 0.168. The van der Waals surface area contributed by atoms with E-state index >= 15 is 0 Å². The van der Waals surface area contributed by atoms with Gasteiger partial charge in [-0.05, 0) is 37.0 Å². The molecule has 0 saturated carbocycles. The maximum absolute atomic E-state index is 9.15. The first-order chi connectivity index (χ1) is 7.27. The van der Waals surface area contributed by atoms with E-state index in [1.807, 2.05) is 13.0 Å². The molecule has 86 valence electrons. The van der Waals surface area contributed by atoms with Crippen LogP contribution in [0.5, 0.6) is 0 Å². The van der Waals surface area contributed by atoms with Crippen LogP contribution in [-0.2, 0) is 6.54 Å². The summed E-state index contributed by atoms with van der Waals surface area (Å²) in [5, 5.41) is 12.4. The second-order valence-corrected chi connectivity index (χ2v) is 4.55. The lowest BCUT2D eigenvalue weighted by atomic mass is 10.2. The third-order valence-electron chi connectivity index (χ3n) is 2.41. The van der Waals surface area contributed by atoms with E-state index in [1.165, 1.54) is 0 Å². The van der Waals surface area contributed by atoms with Gasteiger partial charge in [0.15, 0.2) is 0 Å². The zero-order chi connectivity index (χ0) is 11.1. The molecule has 0 saturated heterocycles. The molecule has 0 fully saturated rings. The number of thioether (sulfide) groups is 1. The van der Waals surface area contributed by atoms with Gasteiger partial charge in [-0.3, -0.25) is 0 Å². The largest absolute Gasteiger partial charge is 0.468 e. The fourth-order valence-corrected chi connectivity index (χ4v) is 1.86. The summed E-state index contributed by atoms with van der Waals surface area (Å²) in [6.07, 6.45) is 4.75. The number of hydrogen-bond acceptors (Lipinski definition) is 4. The first kappa shape index (κ1) is 12.6. The molecule has 0 aliphatic rings. The molecule has 1 rings (SSSR count). The van der Waals surface area contributed by atoms with E-state index in [0.717, 1.165) is 23.5 Å². The Morgan fingerprint density at radius 1 is 1.60 bits per heavy atom. The number of aliphatic hydroxyl groups excluding tert-OH is 1. The van der Waals surface area contributed by atoms with E-state index in [9.17, 15) is 0 Å². The summed E-state index contributed by atoms with van der Waals surface area (Å²) in [6, 6.07) is 2.12. The first-order valence-corrected chi connectivity index (χ1v) is 6.53. The van der Waals surface area contributed by atoms with Crippen LogP contribution in [-0.4, -0.2) is 29.8 Å². The van der Waals surface area contributed by atoms with Crippen LogP contribution in [0.3, 0.4) is 0 Å². The third-order valence-corrected chi connectivity index (χ3v) is 3.05. The fourth-order valence-electron chi connectivity index (χ4n) is 1.34. The number of aliphatic hydroxyl groups is 1. The number of hydrogen-bond donors (Lipinski definition) is 2. The van der Waals surface area contributed by atoms with Crippen molar-refractivity contribution < 1.29 is 9.52 Å². The first-order valence-electron chi connectivity index (χ1n) is 5.14. The van der Waals surface area contributed by atoms with E-state index in [2.05, 4.69) is 11.6 Å². The Hall–Kier alpha value is -0.450. The summed E-state index contributed by atoms with van der Waals surface area (Å²) < 4.78 is 5.31. The van der Waals surface area contributed by atoms with Gasteiger partial charge in [0.05, 0.1) is 19.4 Å². The molecule has 2 N–H and O–H groups in total. The molecule has 1 atom stereocenters. The van der Waals surface area contributed by atoms with Crippen molar-refractivity contribution in [2.75, 3.05) is 18.6 Å². The number of aryl methyl sites for hydroxylation is 1. The molecule has 1 aromatic heterocycles. The molecule has 3 nitrogen and oxygen atoms in total. The standard InChI is InChI=1S/C11H19NO2S/c1-9-3-5-14-11(9)7-12-10(8-13)4-6-15-2/h3,5,10,12-13H,4,6-8H2,1-2H3. The Morgan fingerprint density at radius 2 is 2.40 bits per heavy atom. The monoisotopic (exact) mass is 229 g/mol. The van der Waals surface area contributed by atoms with Crippen molar-refractivity contribution in [2.45, 2.75) is 25.9 Å². The molecule has 0 aliphatic heterocycles. The van der Waals surface area contributed by atoms with Crippen LogP contribution in [0, 0.1) is 6.92 Å². The van der Waals surface area contributed by atoms with Gasteiger partial charge >= 0.3 is 0 Å². The number of furan rings is 1. The predicted molar refractivity (Wildman–Crippen MR) is 64.2 cm³/mol. The molecule has 1 aromatic rings. The molecule has 1 heterocycles. The summed E-state index contributed by atoms with van der Waals surface area (Å²) in [5.74, 6) is 2.02. The van der Waals surface area contributed by atoms with Crippen LogP contribution in [0.2, 0.25) is 0 Å². The van der Waals surface area contributed by atoms with Crippen molar-refractivity contribution in [3.05, 3.63) is 23.7 Å². The van der Waals surface area contributed by atoms with E-state index in [4.69, 9.17) is 9.52 Å². The smallest absolute Gasteiger partial charge is 0.120 e. The number of rotatable bonds is 7. The number of nitrogens with one attached hydrogen (secondary N) is 1. The van der Waals surface area contributed by atoms with Crippen LogP contribution in [0.1, 0.15) is 17.7 Å². The van der Waals surface area contributed by atoms with Gasteiger partial charge in [0.25, 0.3) is 0 Å². The maximum Gasteiger partial charge on any atom is 0.120 e. The quantitative estimate of drug-likeness (QED) is 0.748. The molecule has 0 bridgehead atoms. The van der Waals surface area contributed by atoms with Crippen LogP contribution in [0.15, 0.2) is 16.7 Å². The average Bonchev–Trinajstić information content (AvgIpc) is 2.65. The van der Waals surface area contributed by atoms with Gasteiger partial charge in [-0.25, -0.2) is 0 Å². The normalized spacial score (nSPS) is 13.0. The van der Waals surface area contributed by atoms with E-state index in [0.29, 0.717) is 6.54 Å². The Morgan fingerprint density at radius 3 is 2.93 bits per heavy atom. The summed E-state index contributed by atoms with van der Waals surface area (Å²) in [7, 11) is 0. The molecule has 0 amide bonds. The van der Waals surface area contributed by atoms with Gasteiger partial charge in [-0.2, -0.15) is 11.8 Å². The zero-order valence-electron chi connectivity index (χ0n) is 9.32. The minimum absolute atomic E-state index is 0.168. The molecule has 0 spiro atoms. The van der Waals surface area contributed by atoms with E-state index in [1.54, 1.807) is 18.0 Å². The zero-order valence-corrected chi connectivity index (χ0v) is 10.1. The summed E-state index contributed by atoms with van der Waals surface area (Å²) in [6.45, 7) is 2.90. The SMILES string of the molecule is CSCCC(CO)NCc1occc1C. The summed E-state index contributed by atoms with van der Waals surface area (Å²) in [5.41, 5.74) is 1.16. The van der Waals surface area contributed by atoms with Crippen molar-refractivity contribution in [3.63, 3.8) is 0 Å². The molecule has 1 unspecified atom stereocenters. The van der Waals surface area contributed by atoms with Crippen molar-refractivity contribution in [3.8, 4) is 0 Å². The highest BCUT2D eigenvalue weighted by Crippen LogP contribution is 2.09. The van der Waals surface area contributed by atoms with Gasteiger partial charge in [0.2, 0.25) is 0 Å². The van der Waals surface area contributed by atoms with E-state index < -0.39 is 0 Å². The van der Waals surface area contributed by atoms with Gasteiger partial charge in [-0.15, -0.1) is 0 Å². The Bertz CT molecular complexity index is 275. The highest BCUT2D eigenvalue weighted by molar-refractivity contribution is 7.98. The molecule has 0 aromatic carbocycles. The van der Waals surface area contributed by atoms with Gasteiger partial charge in [0.1, 0.15) is 5.76 Å². The van der Waals surface area contributed by atoms with E-state index in [-0.39, 0.29) is 12.6 Å². The van der Waals surface area contributed by atoms with Crippen molar-refractivity contribution in [1.82, 2.24) is 5.32 Å². The lowest BCUT2D eigenvalue weighted by Crippen LogP contribution is -2.32. The predicted octanol–water partition coefficient (Wildman–Crippen LogP) is 1.79. The van der Waals surface area contributed by atoms with Crippen LogP contribution >= 0.6 is 11.8 Å². The van der Waals surface area contributed by atoms with Gasteiger partial charge in [0, 0.05) is 6.04 Å². The highest BCUT2D eigenvalue weighted by Gasteiger charge is 2.08. The molecular weight excluding hydrogens is 210 g/mol. The van der Waals surface area contributed by atoms with Crippen LogP contribution in [0.4, 0.5) is 0 Å². The van der Waals surface area contributed by atoms with Gasteiger partial charge < -0.3 is 14.8 Å². The van der Waals surface area contributed by atoms with Crippen LogP contribution in [0.25, 0.3) is 0 Å².